The molecule has 5 rings (SSSR count). The van der Waals surface area contributed by atoms with Crippen molar-refractivity contribution < 1.29 is 9.18 Å². The van der Waals surface area contributed by atoms with Crippen LogP contribution in [0.15, 0.2) is 70.5 Å². The zero-order valence-electron chi connectivity index (χ0n) is 18.0. The van der Waals surface area contributed by atoms with E-state index in [9.17, 15) is 18.8 Å². The molecule has 1 aliphatic rings. The second-order valence-electron chi connectivity index (χ2n) is 8.44. The molecule has 0 unspecified atom stereocenters. The van der Waals surface area contributed by atoms with Gasteiger partial charge in [-0.05, 0) is 30.5 Å². The zero-order chi connectivity index (χ0) is 22.9. The number of nitrogens with zero attached hydrogens (tertiary/aromatic N) is 4. The molecular formula is C25H23FN4O3. The van der Waals surface area contributed by atoms with Gasteiger partial charge in [0, 0.05) is 11.6 Å². The number of carbonyl (C=O) groups excluding carboxylic acids is 1. The lowest BCUT2D eigenvalue weighted by molar-refractivity contribution is 0.0968. The van der Waals surface area contributed by atoms with E-state index in [1.54, 1.807) is 6.33 Å². The molecule has 4 aromatic rings. The van der Waals surface area contributed by atoms with Crippen molar-refractivity contribution >= 4 is 16.9 Å². The van der Waals surface area contributed by atoms with Crippen molar-refractivity contribution in [3.05, 3.63) is 98.7 Å². The average Bonchev–Trinajstić information content (AvgIpc) is 3.50. The van der Waals surface area contributed by atoms with Crippen LogP contribution in [0.2, 0.25) is 0 Å². The molecule has 1 saturated carbocycles. The van der Waals surface area contributed by atoms with E-state index >= 15 is 0 Å². The normalized spacial score (nSPS) is 14.2. The first kappa shape index (κ1) is 21.1. The second kappa shape index (κ2) is 8.61. The smallest absolute Gasteiger partial charge is 0.322 e. The predicted octanol–water partition coefficient (Wildman–Crippen LogP) is 3.55. The average molecular weight is 446 g/mol. The van der Waals surface area contributed by atoms with Gasteiger partial charge >= 0.3 is 5.69 Å². The van der Waals surface area contributed by atoms with Gasteiger partial charge in [0.15, 0.2) is 16.9 Å². The van der Waals surface area contributed by atoms with E-state index in [0.717, 1.165) is 41.9 Å². The number of carbonyl (C=O) groups is 1. The first-order valence-corrected chi connectivity index (χ1v) is 11.1. The molecule has 2 heterocycles. The third-order valence-electron chi connectivity index (χ3n) is 6.29. The molecule has 0 N–H and O–H groups in total. The van der Waals surface area contributed by atoms with Crippen LogP contribution in [-0.4, -0.2) is 24.5 Å². The largest absolute Gasteiger partial charge is 0.333 e. The number of aromatic nitrogens is 4. The van der Waals surface area contributed by atoms with Crippen molar-refractivity contribution in [2.45, 2.75) is 44.8 Å². The molecule has 168 valence electrons. The van der Waals surface area contributed by atoms with Crippen molar-refractivity contribution in [2.24, 2.45) is 0 Å². The highest BCUT2D eigenvalue weighted by Crippen LogP contribution is 2.31. The van der Waals surface area contributed by atoms with Crippen LogP contribution in [0.3, 0.4) is 0 Å². The summed E-state index contributed by atoms with van der Waals surface area (Å²) in [5, 5.41) is 0. The van der Waals surface area contributed by atoms with Crippen LogP contribution in [-0.2, 0) is 13.1 Å². The Hall–Kier alpha value is -3.81. The fraction of sp³-hybridized carbons (Fsp3) is 0.280. The van der Waals surface area contributed by atoms with Gasteiger partial charge in [-0.1, -0.05) is 55.3 Å². The number of benzene rings is 2. The van der Waals surface area contributed by atoms with Crippen molar-refractivity contribution in [3.8, 4) is 0 Å². The Balaban J connectivity index is 1.67. The summed E-state index contributed by atoms with van der Waals surface area (Å²) in [5.41, 5.74) is 0.462. The molecule has 0 spiro atoms. The van der Waals surface area contributed by atoms with Gasteiger partial charge in [0.2, 0.25) is 0 Å². The van der Waals surface area contributed by atoms with Crippen LogP contribution in [0.5, 0.6) is 0 Å². The van der Waals surface area contributed by atoms with E-state index in [-0.39, 0.29) is 18.2 Å². The number of rotatable bonds is 6. The molecule has 0 amide bonds. The van der Waals surface area contributed by atoms with Gasteiger partial charge in [-0.25, -0.2) is 14.2 Å². The van der Waals surface area contributed by atoms with E-state index in [1.807, 2.05) is 34.9 Å². The maximum atomic E-state index is 13.6. The van der Waals surface area contributed by atoms with Gasteiger partial charge in [0.1, 0.15) is 5.82 Å². The molecule has 8 heteroatoms. The molecule has 0 radical (unpaired) electrons. The quantitative estimate of drug-likeness (QED) is 0.425. The van der Waals surface area contributed by atoms with Crippen molar-refractivity contribution in [1.82, 2.24) is 18.7 Å². The molecule has 1 fully saturated rings. The van der Waals surface area contributed by atoms with E-state index < -0.39 is 29.4 Å². The van der Waals surface area contributed by atoms with Gasteiger partial charge in [-0.2, -0.15) is 0 Å². The standard InChI is InChI=1S/C25H23FN4O3/c26-19-10-6-9-18(13-19)21(31)15-29-24(32)22-23(27-16-30(22)20-11-4-5-12-20)28(25(29)33)14-17-7-2-1-3-8-17/h1-3,6-10,13,16,20H,4-5,11-12,14-15H2. The highest BCUT2D eigenvalue weighted by molar-refractivity contribution is 5.96. The van der Waals surface area contributed by atoms with Crippen molar-refractivity contribution in [2.75, 3.05) is 0 Å². The minimum atomic E-state index is -0.613. The van der Waals surface area contributed by atoms with Crippen LogP contribution < -0.4 is 11.2 Å². The molecule has 0 atom stereocenters. The maximum Gasteiger partial charge on any atom is 0.333 e. The lowest BCUT2D eigenvalue weighted by Crippen LogP contribution is -2.42. The van der Waals surface area contributed by atoms with Crippen LogP contribution >= 0.6 is 0 Å². The number of Topliss-reactive ketones (excluding diaryl/α,β-unsaturated/α-hetero) is 1. The maximum absolute atomic E-state index is 13.6. The molecule has 1 aliphatic carbocycles. The monoisotopic (exact) mass is 446 g/mol. The van der Waals surface area contributed by atoms with Crippen LogP contribution in [0.4, 0.5) is 4.39 Å². The molecular weight excluding hydrogens is 423 g/mol. The summed E-state index contributed by atoms with van der Waals surface area (Å²) in [7, 11) is 0. The molecule has 7 nitrogen and oxygen atoms in total. The van der Waals surface area contributed by atoms with E-state index in [1.165, 1.54) is 22.8 Å². The molecule has 0 saturated heterocycles. The summed E-state index contributed by atoms with van der Waals surface area (Å²) in [6, 6.07) is 14.8. The van der Waals surface area contributed by atoms with Crippen LogP contribution in [0, 0.1) is 5.82 Å². The fourth-order valence-corrected chi connectivity index (χ4v) is 4.61. The topological polar surface area (TPSA) is 78.9 Å². The molecule has 2 aromatic carbocycles. The Bertz CT molecular complexity index is 1450. The summed E-state index contributed by atoms with van der Waals surface area (Å²) in [6.07, 6.45) is 5.64. The lowest BCUT2D eigenvalue weighted by Gasteiger charge is -2.15. The third kappa shape index (κ3) is 3.92. The Labute approximate surface area is 188 Å². The van der Waals surface area contributed by atoms with E-state index in [2.05, 4.69) is 4.98 Å². The summed E-state index contributed by atoms with van der Waals surface area (Å²) in [4.78, 5) is 44.2. The molecule has 0 bridgehead atoms. The summed E-state index contributed by atoms with van der Waals surface area (Å²) in [6.45, 7) is -0.256. The molecule has 0 aliphatic heterocycles. The number of imidazole rings is 1. The minimum Gasteiger partial charge on any atom is -0.322 e. The highest BCUT2D eigenvalue weighted by Gasteiger charge is 2.25. The number of hydrogen-bond acceptors (Lipinski definition) is 4. The van der Waals surface area contributed by atoms with E-state index in [4.69, 9.17) is 0 Å². The van der Waals surface area contributed by atoms with Gasteiger partial charge in [-0.3, -0.25) is 18.7 Å². The Kier molecular flexibility index (Phi) is 5.50. The SMILES string of the molecule is O=C(Cn1c(=O)c2c(ncn2C2CCCC2)n(Cc2ccccc2)c1=O)c1cccc(F)c1. The lowest BCUT2D eigenvalue weighted by atomic mass is 10.1. The Morgan fingerprint density at radius 3 is 2.48 bits per heavy atom. The molecule has 33 heavy (non-hydrogen) atoms. The summed E-state index contributed by atoms with van der Waals surface area (Å²) < 4.78 is 17.9. The Morgan fingerprint density at radius 1 is 1.00 bits per heavy atom. The van der Waals surface area contributed by atoms with Crippen LogP contribution in [0.25, 0.3) is 11.2 Å². The number of hydrogen-bond donors (Lipinski definition) is 0. The number of ketones is 1. The minimum absolute atomic E-state index is 0.111. The van der Waals surface area contributed by atoms with Gasteiger partial charge < -0.3 is 4.57 Å². The van der Waals surface area contributed by atoms with Gasteiger partial charge in [0.25, 0.3) is 5.56 Å². The first-order chi connectivity index (χ1) is 16.0. The predicted molar refractivity (Wildman–Crippen MR) is 122 cm³/mol. The van der Waals surface area contributed by atoms with E-state index in [0.29, 0.717) is 11.2 Å². The van der Waals surface area contributed by atoms with Crippen molar-refractivity contribution in [3.63, 3.8) is 0 Å². The summed E-state index contributed by atoms with van der Waals surface area (Å²) in [5.74, 6) is -1.06. The van der Waals surface area contributed by atoms with Gasteiger partial charge in [0.05, 0.1) is 19.4 Å². The molecule has 2 aromatic heterocycles. The summed E-state index contributed by atoms with van der Waals surface area (Å²) >= 11 is 0. The fourth-order valence-electron chi connectivity index (χ4n) is 4.61. The Morgan fingerprint density at radius 2 is 1.76 bits per heavy atom. The third-order valence-corrected chi connectivity index (χ3v) is 6.29. The van der Waals surface area contributed by atoms with Gasteiger partial charge in [-0.15, -0.1) is 0 Å². The van der Waals surface area contributed by atoms with Crippen LogP contribution in [0.1, 0.15) is 47.6 Å². The first-order valence-electron chi connectivity index (χ1n) is 11.1. The van der Waals surface area contributed by atoms with Crippen molar-refractivity contribution in [1.29, 1.82) is 0 Å². The second-order valence-corrected chi connectivity index (χ2v) is 8.44. The highest BCUT2D eigenvalue weighted by atomic mass is 19.1. The number of halogens is 1. The number of fused-ring (bicyclic) bond motifs is 1. The zero-order valence-corrected chi connectivity index (χ0v) is 18.0.